The van der Waals surface area contributed by atoms with Crippen LogP contribution in [0.15, 0.2) is 12.4 Å². The first-order valence-electron chi connectivity index (χ1n) is 6.70. The van der Waals surface area contributed by atoms with Crippen molar-refractivity contribution >= 4 is 23.2 Å². The van der Waals surface area contributed by atoms with E-state index in [1.807, 2.05) is 0 Å². The molecule has 1 saturated carbocycles. The third kappa shape index (κ3) is 2.38. The van der Waals surface area contributed by atoms with Crippen molar-refractivity contribution in [1.82, 2.24) is 10.3 Å². The molecule has 1 aromatic heterocycles. The van der Waals surface area contributed by atoms with Crippen LogP contribution in [0.5, 0.6) is 0 Å². The van der Waals surface area contributed by atoms with E-state index in [-0.39, 0.29) is 0 Å². The standard InChI is InChI=1S/C14H18Cl2N2/c15-12-7-17-8-13(16)11(12)5-10-6-14(9-18-10)3-1-2-4-14/h7-8,10,18H,1-6,9H2. The number of halogens is 2. The zero-order valence-electron chi connectivity index (χ0n) is 10.4. The van der Waals surface area contributed by atoms with Crippen LogP contribution < -0.4 is 5.32 Å². The summed E-state index contributed by atoms with van der Waals surface area (Å²) >= 11 is 12.4. The van der Waals surface area contributed by atoms with Gasteiger partial charge >= 0.3 is 0 Å². The summed E-state index contributed by atoms with van der Waals surface area (Å²) in [5.74, 6) is 0. The Morgan fingerprint density at radius 1 is 1.22 bits per heavy atom. The molecule has 1 saturated heterocycles. The average molecular weight is 285 g/mol. The Hall–Kier alpha value is -0.310. The van der Waals surface area contributed by atoms with Gasteiger partial charge in [-0.05, 0) is 36.7 Å². The number of hydrogen-bond acceptors (Lipinski definition) is 2. The molecule has 2 heterocycles. The minimum atomic E-state index is 0.514. The van der Waals surface area contributed by atoms with Gasteiger partial charge in [0.15, 0.2) is 0 Å². The summed E-state index contributed by atoms with van der Waals surface area (Å²) < 4.78 is 0. The molecule has 1 aliphatic heterocycles. The summed E-state index contributed by atoms with van der Waals surface area (Å²) in [7, 11) is 0. The molecule has 2 fully saturated rings. The Morgan fingerprint density at radius 2 is 1.89 bits per heavy atom. The largest absolute Gasteiger partial charge is 0.313 e. The van der Waals surface area contributed by atoms with Crippen molar-refractivity contribution in [2.45, 2.75) is 44.6 Å². The normalized spacial score (nSPS) is 26.0. The van der Waals surface area contributed by atoms with Crippen LogP contribution in [0.4, 0.5) is 0 Å². The number of pyridine rings is 1. The molecule has 2 nitrogen and oxygen atoms in total. The molecular weight excluding hydrogens is 267 g/mol. The number of hydrogen-bond donors (Lipinski definition) is 1. The van der Waals surface area contributed by atoms with Crippen LogP contribution in [0, 0.1) is 5.41 Å². The topological polar surface area (TPSA) is 24.9 Å². The highest BCUT2D eigenvalue weighted by Crippen LogP contribution is 2.45. The van der Waals surface area contributed by atoms with Crippen LogP contribution in [-0.2, 0) is 6.42 Å². The van der Waals surface area contributed by atoms with E-state index in [1.54, 1.807) is 12.4 Å². The Kier molecular flexibility index (Phi) is 3.52. The van der Waals surface area contributed by atoms with Gasteiger partial charge in [0.1, 0.15) is 0 Å². The molecule has 0 amide bonds. The molecule has 0 aromatic carbocycles. The van der Waals surface area contributed by atoms with Gasteiger partial charge in [0, 0.05) is 25.0 Å². The zero-order valence-corrected chi connectivity index (χ0v) is 11.9. The van der Waals surface area contributed by atoms with Crippen LogP contribution in [0.1, 0.15) is 37.7 Å². The van der Waals surface area contributed by atoms with Crippen LogP contribution in [-0.4, -0.2) is 17.6 Å². The number of nitrogens with zero attached hydrogens (tertiary/aromatic N) is 1. The molecule has 1 aliphatic carbocycles. The summed E-state index contributed by atoms with van der Waals surface area (Å²) in [5, 5.41) is 5.04. The lowest BCUT2D eigenvalue weighted by molar-refractivity contribution is 0.327. The second kappa shape index (κ2) is 4.99. The van der Waals surface area contributed by atoms with E-state index in [4.69, 9.17) is 23.2 Å². The van der Waals surface area contributed by atoms with E-state index in [1.165, 1.54) is 32.1 Å². The van der Waals surface area contributed by atoms with Crippen LogP contribution in [0.25, 0.3) is 0 Å². The second-order valence-corrected chi connectivity index (χ2v) is 6.59. The molecule has 1 aromatic rings. The van der Waals surface area contributed by atoms with E-state index in [2.05, 4.69) is 10.3 Å². The molecule has 18 heavy (non-hydrogen) atoms. The van der Waals surface area contributed by atoms with Crippen molar-refractivity contribution in [3.8, 4) is 0 Å². The lowest BCUT2D eigenvalue weighted by Crippen LogP contribution is -2.24. The molecule has 2 aliphatic rings. The van der Waals surface area contributed by atoms with E-state index in [0.717, 1.165) is 18.5 Å². The van der Waals surface area contributed by atoms with Gasteiger partial charge in [0.05, 0.1) is 10.0 Å². The van der Waals surface area contributed by atoms with Crippen LogP contribution in [0.2, 0.25) is 10.0 Å². The van der Waals surface area contributed by atoms with Crippen LogP contribution in [0.3, 0.4) is 0 Å². The van der Waals surface area contributed by atoms with Gasteiger partial charge < -0.3 is 5.32 Å². The third-order valence-corrected chi connectivity index (χ3v) is 5.16. The highest BCUT2D eigenvalue weighted by molar-refractivity contribution is 6.35. The smallest absolute Gasteiger partial charge is 0.0636 e. The molecule has 0 radical (unpaired) electrons. The van der Waals surface area contributed by atoms with Crippen molar-refractivity contribution in [2.75, 3.05) is 6.54 Å². The summed E-state index contributed by atoms with van der Waals surface area (Å²) in [6.45, 7) is 1.16. The van der Waals surface area contributed by atoms with Crippen molar-refractivity contribution in [3.05, 3.63) is 28.0 Å². The Balaban J connectivity index is 1.71. The van der Waals surface area contributed by atoms with E-state index in [9.17, 15) is 0 Å². The number of aromatic nitrogens is 1. The summed E-state index contributed by atoms with van der Waals surface area (Å²) in [5.41, 5.74) is 1.61. The van der Waals surface area contributed by atoms with Gasteiger partial charge in [-0.3, -0.25) is 4.98 Å². The Morgan fingerprint density at radius 3 is 2.56 bits per heavy atom. The maximum atomic E-state index is 6.18. The zero-order chi connectivity index (χ0) is 12.6. The highest BCUT2D eigenvalue weighted by atomic mass is 35.5. The molecule has 1 N–H and O–H groups in total. The summed E-state index contributed by atoms with van der Waals surface area (Å²) in [6, 6.07) is 0.514. The molecule has 1 atom stereocenters. The minimum absolute atomic E-state index is 0.514. The van der Waals surface area contributed by atoms with Crippen molar-refractivity contribution < 1.29 is 0 Å². The lowest BCUT2D eigenvalue weighted by atomic mass is 9.83. The predicted octanol–water partition coefficient (Wildman–Crippen LogP) is 3.85. The van der Waals surface area contributed by atoms with E-state index >= 15 is 0 Å². The second-order valence-electron chi connectivity index (χ2n) is 5.77. The molecule has 4 heteroatoms. The fraction of sp³-hybridized carbons (Fsp3) is 0.643. The van der Waals surface area contributed by atoms with Gasteiger partial charge in [-0.25, -0.2) is 0 Å². The van der Waals surface area contributed by atoms with Gasteiger partial charge in [-0.1, -0.05) is 36.0 Å². The lowest BCUT2D eigenvalue weighted by Gasteiger charge is -2.21. The van der Waals surface area contributed by atoms with E-state index in [0.29, 0.717) is 21.5 Å². The van der Waals surface area contributed by atoms with Gasteiger partial charge in [-0.2, -0.15) is 0 Å². The van der Waals surface area contributed by atoms with Crippen molar-refractivity contribution in [2.24, 2.45) is 5.41 Å². The number of rotatable bonds is 2. The first-order chi connectivity index (χ1) is 8.69. The van der Waals surface area contributed by atoms with Gasteiger partial charge in [0.2, 0.25) is 0 Å². The first kappa shape index (κ1) is 12.7. The SMILES string of the molecule is Clc1cncc(Cl)c1CC1CC2(CCCC2)CN1. The monoisotopic (exact) mass is 284 g/mol. The maximum absolute atomic E-state index is 6.18. The Labute approximate surface area is 118 Å². The fourth-order valence-corrected chi connectivity index (χ4v) is 4.08. The first-order valence-corrected chi connectivity index (χ1v) is 7.45. The maximum Gasteiger partial charge on any atom is 0.0636 e. The molecule has 1 spiro atoms. The Bertz CT molecular complexity index is 421. The molecule has 3 rings (SSSR count). The summed E-state index contributed by atoms with van der Waals surface area (Å²) in [4.78, 5) is 4.01. The number of nitrogens with one attached hydrogen (secondary N) is 1. The highest BCUT2D eigenvalue weighted by Gasteiger charge is 2.40. The molecular formula is C14H18Cl2N2. The van der Waals surface area contributed by atoms with Crippen LogP contribution >= 0.6 is 23.2 Å². The molecule has 1 unspecified atom stereocenters. The van der Waals surface area contributed by atoms with Crippen molar-refractivity contribution in [3.63, 3.8) is 0 Å². The summed E-state index contributed by atoms with van der Waals surface area (Å²) in [6.07, 6.45) is 11.1. The molecule has 98 valence electrons. The van der Waals surface area contributed by atoms with Gasteiger partial charge in [0.25, 0.3) is 0 Å². The average Bonchev–Trinajstić information content (AvgIpc) is 2.96. The predicted molar refractivity (Wildman–Crippen MR) is 75.3 cm³/mol. The fourth-order valence-electron chi connectivity index (χ4n) is 3.56. The minimum Gasteiger partial charge on any atom is -0.313 e. The molecule has 0 bridgehead atoms. The third-order valence-electron chi connectivity index (χ3n) is 4.51. The van der Waals surface area contributed by atoms with Gasteiger partial charge in [-0.15, -0.1) is 0 Å². The van der Waals surface area contributed by atoms with E-state index < -0.39 is 0 Å². The van der Waals surface area contributed by atoms with Crippen molar-refractivity contribution in [1.29, 1.82) is 0 Å². The quantitative estimate of drug-likeness (QED) is 0.892.